The molecule has 0 unspecified atom stereocenters. The Balaban J connectivity index is 1.69. The van der Waals surface area contributed by atoms with Crippen molar-refractivity contribution >= 4 is 23.2 Å². The number of nitrogens with zero attached hydrogens (tertiary/aromatic N) is 2. The Morgan fingerprint density at radius 3 is 2.29 bits per heavy atom. The maximum absolute atomic E-state index is 12.4. The molecule has 2 aromatic carbocycles. The van der Waals surface area contributed by atoms with E-state index in [1.807, 2.05) is 6.92 Å². The lowest BCUT2D eigenvalue weighted by molar-refractivity contribution is -0.141. The summed E-state index contributed by atoms with van der Waals surface area (Å²) >= 11 is 1.61. The van der Waals surface area contributed by atoms with Gasteiger partial charge in [0.15, 0.2) is 0 Å². The lowest BCUT2D eigenvalue weighted by Crippen LogP contribution is -2.29. The average Bonchev–Trinajstić information content (AvgIpc) is 3.11. The van der Waals surface area contributed by atoms with Gasteiger partial charge >= 0.3 is 5.97 Å². The summed E-state index contributed by atoms with van der Waals surface area (Å²) in [5.41, 5.74) is 3.89. The molecule has 1 aromatic heterocycles. The van der Waals surface area contributed by atoms with E-state index in [2.05, 4.69) is 36.2 Å². The van der Waals surface area contributed by atoms with E-state index in [-0.39, 0.29) is 12.3 Å². The molecule has 0 saturated heterocycles. The number of carboxylic acids is 1. The summed E-state index contributed by atoms with van der Waals surface area (Å²) in [6.45, 7) is 4.42. The molecule has 0 aliphatic heterocycles. The van der Waals surface area contributed by atoms with E-state index in [1.54, 1.807) is 49.7 Å². The highest BCUT2D eigenvalue weighted by molar-refractivity contribution is 7.15. The van der Waals surface area contributed by atoms with Crippen LogP contribution in [0.4, 0.5) is 0 Å². The Hall–Kier alpha value is -3.19. The quantitative estimate of drug-likeness (QED) is 0.554. The lowest BCUT2D eigenvalue weighted by Gasteiger charge is -2.19. The number of carbonyl (C=O) groups is 2. The van der Waals surface area contributed by atoms with Crippen LogP contribution in [0.5, 0.6) is 5.75 Å². The van der Waals surface area contributed by atoms with Gasteiger partial charge in [-0.05, 0) is 31.5 Å². The molecule has 0 aliphatic carbocycles. The summed E-state index contributed by atoms with van der Waals surface area (Å²) in [5, 5.41) is 10.1. The van der Waals surface area contributed by atoms with Crippen molar-refractivity contribution in [2.75, 3.05) is 14.1 Å². The molecule has 1 amide bonds. The number of benzene rings is 2. The van der Waals surface area contributed by atoms with Crippen LogP contribution in [-0.4, -0.2) is 41.0 Å². The van der Waals surface area contributed by atoms with Gasteiger partial charge in [-0.15, -0.1) is 11.3 Å². The van der Waals surface area contributed by atoms with Crippen molar-refractivity contribution in [1.82, 2.24) is 9.88 Å². The highest BCUT2D eigenvalue weighted by Gasteiger charge is 2.25. The van der Waals surface area contributed by atoms with E-state index in [1.165, 1.54) is 10.5 Å². The molecule has 3 aromatic rings. The fourth-order valence-corrected chi connectivity index (χ4v) is 4.14. The number of thiazole rings is 1. The lowest BCUT2D eigenvalue weighted by atomic mass is 9.94. The number of carboxylic acid groups (broad SMARTS) is 1. The van der Waals surface area contributed by atoms with E-state index >= 15 is 0 Å². The number of amides is 1. The summed E-state index contributed by atoms with van der Waals surface area (Å²) in [5.74, 6) is -1.31. The maximum Gasteiger partial charge on any atom is 0.304 e. The Morgan fingerprint density at radius 1 is 1.06 bits per heavy atom. The van der Waals surface area contributed by atoms with Crippen LogP contribution in [-0.2, 0) is 16.2 Å². The van der Waals surface area contributed by atoms with E-state index in [0.29, 0.717) is 17.9 Å². The molecule has 1 atom stereocenters. The molecule has 0 bridgehead atoms. The molecule has 1 N–H and O–H groups in total. The minimum Gasteiger partial charge on any atom is -0.488 e. The van der Waals surface area contributed by atoms with Crippen molar-refractivity contribution in [3.63, 3.8) is 0 Å². The monoisotopic (exact) mass is 438 g/mol. The first-order valence-corrected chi connectivity index (χ1v) is 10.8. The van der Waals surface area contributed by atoms with Gasteiger partial charge in [0.2, 0.25) is 5.91 Å². The second kappa shape index (κ2) is 9.75. The topological polar surface area (TPSA) is 79.7 Å². The van der Waals surface area contributed by atoms with Gasteiger partial charge < -0.3 is 14.7 Å². The summed E-state index contributed by atoms with van der Waals surface area (Å²) in [6, 6.07) is 15.3. The number of hydrogen-bond donors (Lipinski definition) is 1. The molecule has 162 valence electrons. The standard InChI is InChI=1S/C24H26N2O4S/c1-15-5-7-18(8-6-15)23-25-16(2)21(31-23)14-30-19-11-9-17(10-12-19)20(13-22(27)28)24(29)26(3)4/h5-12,20H,13-14H2,1-4H3,(H,27,28)/t20-/m0/s1. The van der Waals surface area contributed by atoms with E-state index in [0.717, 1.165) is 21.1 Å². The fourth-order valence-electron chi connectivity index (χ4n) is 3.16. The van der Waals surface area contributed by atoms with E-state index < -0.39 is 11.9 Å². The molecule has 0 spiro atoms. The van der Waals surface area contributed by atoms with Gasteiger partial charge in [-0.1, -0.05) is 42.0 Å². The summed E-state index contributed by atoms with van der Waals surface area (Å²) in [6.07, 6.45) is -0.251. The van der Waals surface area contributed by atoms with Crippen LogP contribution in [0.2, 0.25) is 0 Å². The Labute approximate surface area is 186 Å². The van der Waals surface area contributed by atoms with Crippen molar-refractivity contribution in [1.29, 1.82) is 0 Å². The molecule has 6 nitrogen and oxygen atoms in total. The fraction of sp³-hybridized carbons (Fsp3) is 0.292. The average molecular weight is 439 g/mol. The van der Waals surface area contributed by atoms with Gasteiger partial charge in [0.05, 0.1) is 22.9 Å². The zero-order valence-electron chi connectivity index (χ0n) is 18.1. The minimum absolute atomic E-state index is 0.236. The molecule has 31 heavy (non-hydrogen) atoms. The number of rotatable bonds is 8. The summed E-state index contributed by atoms with van der Waals surface area (Å²) in [4.78, 5) is 30.7. The summed E-state index contributed by atoms with van der Waals surface area (Å²) < 4.78 is 5.92. The number of hydrogen-bond acceptors (Lipinski definition) is 5. The minimum atomic E-state index is -1.01. The van der Waals surface area contributed by atoms with Gasteiger partial charge in [-0.3, -0.25) is 9.59 Å². The van der Waals surface area contributed by atoms with Crippen molar-refractivity contribution in [2.24, 2.45) is 0 Å². The third-order valence-electron chi connectivity index (χ3n) is 4.96. The zero-order valence-corrected chi connectivity index (χ0v) is 18.9. The summed E-state index contributed by atoms with van der Waals surface area (Å²) in [7, 11) is 3.24. The Kier molecular flexibility index (Phi) is 7.07. The second-order valence-corrected chi connectivity index (χ2v) is 8.72. The van der Waals surface area contributed by atoms with E-state index in [9.17, 15) is 9.59 Å². The number of aliphatic carboxylic acids is 1. The molecule has 0 radical (unpaired) electrons. The third kappa shape index (κ3) is 5.70. The van der Waals surface area contributed by atoms with Crippen LogP contribution >= 0.6 is 11.3 Å². The second-order valence-electron chi connectivity index (χ2n) is 7.63. The highest BCUT2D eigenvalue weighted by atomic mass is 32.1. The van der Waals surface area contributed by atoms with Gasteiger partial charge in [-0.25, -0.2) is 4.98 Å². The van der Waals surface area contributed by atoms with Crippen molar-refractivity contribution in [2.45, 2.75) is 32.8 Å². The van der Waals surface area contributed by atoms with Crippen LogP contribution in [0, 0.1) is 13.8 Å². The smallest absolute Gasteiger partial charge is 0.304 e. The third-order valence-corrected chi connectivity index (χ3v) is 6.14. The van der Waals surface area contributed by atoms with Gasteiger partial charge in [0.1, 0.15) is 17.4 Å². The molecule has 3 rings (SSSR count). The molecule has 7 heteroatoms. The van der Waals surface area contributed by atoms with Gasteiger partial charge in [0.25, 0.3) is 0 Å². The Morgan fingerprint density at radius 2 is 1.71 bits per heavy atom. The van der Waals surface area contributed by atoms with Crippen molar-refractivity contribution < 1.29 is 19.4 Å². The van der Waals surface area contributed by atoms with Gasteiger partial charge in [0, 0.05) is 19.7 Å². The van der Waals surface area contributed by atoms with Crippen LogP contribution in [0.15, 0.2) is 48.5 Å². The van der Waals surface area contributed by atoms with Gasteiger partial charge in [-0.2, -0.15) is 0 Å². The number of carbonyl (C=O) groups excluding carboxylic acids is 1. The first-order chi connectivity index (χ1) is 14.7. The van der Waals surface area contributed by atoms with Crippen LogP contribution < -0.4 is 4.74 Å². The zero-order chi connectivity index (χ0) is 22.5. The van der Waals surface area contributed by atoms with Crippen LogP contribution in [0.1, 0.15) is 34.0 Å². The van der Waals surface area contributed by atoms with Crippen molar-refractivity contribution in [3.05, 3.63) is 70.2 Å². The van der Waals surface area contributed by atoms with E-state index in [4.69, 9.17) is 9.84 Å². The number of aromatic nitrogens is 1. The SMILES string of the molecule is Cc1ccc(-c2nc(C)c(COc3ccc([C@H](CC(=O)O)C(=O)N(C)C)cc3)s2)cc1. The highest BCUT2D eigenvalue weighted by Crippen LogP contribution is 2.30. The molecule has 0 saturated carbocycles. The normalized spacial score (nSPS) is 11.7. The number of likely N-dealkylation sites (N-methyl/N-ethyl adjacent to an activating group) is 1. The predicted octanol–water partition coefficient (Wildman–Crippen LogP) is 4.65. The predicted molar refractivity (Wildman–Crippen MR) is 121 cm³/mol. The van der Waals surface area contributed by atoms with Crippen LogP contribution in [0.3, 0.4) is 0 Å². The maximum atomic E-state index is 12.4. The molecule has 0 fully saturated rings. The number of aryl methyl sites for hydroxylation is 2. The first-order valence-electron chi connectivity index (χ1n) is 9.93. The van der Waals surface area contributed by atoms with Crippen molar-refractivity contribution in [3.8, 4) is 16.3 Å². The Bertz CT molecular complexity index is 1060. The molecular formula is C24H26N2O4S. The van der Waals surface area contributed by atoms with Crippen LogP contribution in [0.25, 0.3) is 10.6 Å². The molecule has 1 heterocycles. The molecule has 0 aliphatic rings. The number of ether oxygens (including phenoxy) is 1. The largest absolute Gasteiger partial charge is 0.488 e. The first kappa shape index (κ1) is 22.5. The molecular weight excluding hydrogens is 412 g/mol.